The van der Waals surface area contributed by atoms with Crippen LogP contribution >= 0.6 is 0 Å². The van der Waals surface area contributed by atoms with Gasteiger partial charge in [0.1, 0.15) is 0 Å². The number of fused-ring (bicyclic) bond motifs is 3. The molecule has 0 aliphatic heterocycles. The Bertz CT molecular complexity index is 565. The molecule has 3 aliphatic carbocycles. The lowest BCUT2D eigenvalue weighted by Crippen LogP contribution is -2.55. The number of carboxylic acids is 1. The molecule has 3 rings (SSSR count). The molecule has 6 atom stereocenters. The molecule has 23 heavy (non-hydrogen) atoms. The van der Waals surface area contributed by atoms with E-state index < -0.39 is 17.5 Å². The fourth-order valence-corrected chi connectivity index (χ4v) is 5.90. The van der Waals surface area contributed by atoms with Gasteiger partial charge in [-0.3, -0.25) is 4.79 Å². The summed E-state index contributed by atoms with van der Waals surface area (Å²) in [5, 5.41) is 20.5. The SMILES string of the molecule is C=C[C@@]1(C)C=C2CC[C@H]3[C@](C)(CCC[C@]3(C)C(=O)O)[C@@H]2CC1O. The van der Waals surface area contributed by atoms with Crippen LogP contribution in [0, 0.1) is 28.1 Å². The van der Waals surface area contributed by atoms with Crippen LogP contribution in [0.1, 0.15) is 59.3 Å². The lowest BCUT2D eigenvalue weighted by molar-refractivity contribution is -0.165. The van der Waals surface area contributed by atoms with E-state index in [-0.39, 0.29) is 16.7 Å². The Morgan fingerprint density at radius 3 is 2.65 bits per heavy atom. The van der Waals surface area contributed by atoms with Gasteiger partial charge in [0.25, 0.3) is 0 Å². The van der Waals surface area contributed by atoms with Gasteiger partial charge in [-0.15, -0.1) is 6.58 Å². The molecule has 2 saturated carbocycles. The van der Waals surface area contributed by atoms with Crippen LogP contribution in [0.25, 0.3) is 0 Å². The Hall–Kier alpha value is -1.09. The van der Waals surface area contributed by atoms with E-state index in [1.165, 1.54) is 5.57 Å². The Kier molecular flexibility index (Phi) is 3.79. The van der Waals surface area contributed by atoms with Crippen molar-refractivity contribution in [2.24, 2.45) is 28.1 Å². The quantitative estimate of drug-likeness (QED) is 0.751. The predicted molar refractivity (Wildman–Crippen MR) is 90.9 cm³/mol. The number of hydrogen-bond donors (Lipinski definition) is 2. The van der Waals surface area contributed by atoms with Crippen LogP contribution in [0.3, 0.4) is 0 Å². The number of carboxylic acid groups (broad SMARTS) is 1. The van der Waals surface area contributed by atoms with Crippen molar-refractivity contribution in [1.29, 1.82) is 0 Å². The molecular weight excluding hydrogens is 288 g/mol. The molecule has 0 aromatic rings. The molecule has 0 saturated heterocycles. The van der Waals surface area contributed by atoms with Crippen LogP contribution < -0.4 is 0 Å². The third-order valence-corrected chi connectivity index (χ3v) is 7.54. The molecule has 0 aromatic carbocycles. The van der Waals surface area contributed by atoms with Gasteiger partial charge in [-0.25, -0.2) is 0 Å². The van der Waals surface area contributed by atoms with Crippen molar-refractivity contribution in [1.82, 2.24) is 0 Å². The highest BCUT2D eigenvalue weighted by atomic mass is 16.4. The van der Waals surface area contributed by atoms with Gasteiger partial charge in [-0.1, -0.05) is 38.0 Å². The zero-order valence-electron chi connectivity index (χ0n) is 14.6. The van der Waals surface area contributed by atoms with E-state index in [1.54, 1.807) is 0 Å². The number of hydrogen-bond acceptors (Lipinski definition) is 2. The van der Waals surface area contributed by atoms with Crippen LogP contribution in [0.2, 0.25) is 0 Å². The molecule has 3 heteroatoms. The third-order valence-electron chi connectivity index (χ3n) is 7.54. The summed E-state index contributed by atoms with van der Waals surface area (Å²) in [6.07, 6.45) is 9.12. The fraction of sp³-hybridized carbons (Fsp3) is 0.750. The van der Waals surface area contributed by atoms with Crippen molar-refractivity contribution >= 4 is 5.97 Å². The maximum atomic E-state index is 12.0. The molecule has 128 valence electrons. The summed E-state index contributed by atoms with van der Waals surface area (Å²) in [4.78, 5) is 12.0. The molecule has 3 nitrogen and oxygen atoms in total. The number of aliphatic hydroxyl groups is 1. The number of aliphatic hydroxyl groups excluding tert-OH is 1. The van der Waals surface area contributed by atoms with Crippen molar-refractivity contribution in [3.63, 3.8) is 0 Å². The first-order valence-electron chi connectivity index (χ1n) is 8.94. The van der Waals surface area contributed by atoms with Crippen LogP contribution in [-0.4, -0.2) is 22.3 Å². The van der Waals surface area contributed by atoms with Gasteiger partial charge in [0.2, 0.25) is 0 Å². The van der Waals surface area contributed by atoms with Crippen molar-refractivity contribution in [2.45, 2.75) is 65.4 Å². The van der Waals surface area contributed by atoms with E-state index in [4.69, 9.17) is 0 Å². The number of rotatable bonds is 2. The largest absolute Gasteiger partial charge is 0.481 e. The first-order chi connectivity index (χ1) is 10.7. The third kappa shape index (κ3) is 2.23. The normalized spacial score (nSPS) is 49.6. The van der Waals surface area contributed by atoms with Gasteiger partial charge in [-0.05, 0) is 56.3 Å². The average molecular weight is 318 g/mol. The summed E-state index contributed by atoms with van der Waals surface area (Å²) >= 11 is 0. The Balaban J connectivity index is 2.02. The lowest BCUT2D eigenvalue weighted by atomic mass is 9.45. The first-order valence-corrected chi connectivity index (χ1v) is 8.94. The van der Waals surface area contributed by atoms with E-state index in [2.05, 4.69) is 19.6 Å². The number of aliphatic carboxylic acids is 1. The molecule has 0 spiro atoms. The van der Waals surface area contributed by atoms with Crippen molar-refractivity contribution in [3.05, 3.63) is 24.3 Å². The maximum Gasteiger partial charge on any atom is 0.309 e. The molecule has 0 amide bonds. The predicted octanol–water partition coefficient (Wildman–Crippen LogP) is 4.18. The second-order valence-electron chi connectivity index (χ2n) is 8.77. The monoisotopic (exact) mass is 318 g/mol. The molecule has 1 unspecified atom stereocenters. The zero-order chi connectivity index (χ0) is 17.0. The molecule has 3 aliphatic rings. The van der Waals surface area contributed by atoms with Crippen molar-refractivity contribution < 1.29 is 15.0 Å². The number of carbonyl (C=O) groups is 1. The van der Waals surface area contributed by atoms with Crippen LogP contribution in [-0.2, 0) is 4.79 Å². The summed E-state index contributed by atoms with van der Waals surface area (Å²) in [5.41, 5.74) is 0.438. The minimum Gasteiger partial charge on any atom is -0.481 e. The minimum absolute atomic E-state index is 0.0149. The van der Waals surface area contributed by atoms with Gasteiger partial charge in [0, 0.05) is 5.41 Å². The van der Waals surface area contributed by atoms with E-state index in [9.17, 15) is 15.0 Å². The van der Waals surface area contributed by atoms with Gasteiger partial charge in [-0.2, -0.15) is 0 Å². The average Bonchev–Trinajstić information content (AvgIpc) is 2.49. The highest BCUT2D eigenvalue weighted by Crippen LogP contribution is 2.63. The number of allylic oxidation sites excluding steroid dienone is 1. The smallest absolute Gasteiger partial charge is 0.309 e. The lowest BCUT2D eigenvalue weighted by Gasteiger charge is -2.59. The minimum atomic E-state index is -0.645. The highest BCUT2D eigenvalue weighted by Gasteiger charge is 2.59. The molecule has 2 fully saturated rings. The first kappa shape index (κ1) is 16.8. The zero-order valence-corrected chi connectivity index (χ0v) is 14.6. The van der Waals surface area contributed by atoms with E-state index in [0.717, 1.165) is 38.5 Å². The van der Waals surface area contributed by atoms with Gasteiger partial charge >= 0.3 is 5.97 Å². The topological polar surface area (TPSA) is 57.5 Å². The van der Waals surface area contributed by atoms with Crippen LogP contribution in [0.15, 0.2) is 24.3 Å². The van der Waals surface area contributed by atoms with E-state index in [1.807, 2.05) is 19.9 Å². The Morgan fingerprint density at radius 2 is 2.04 bits per heavy atom. The second-order valence-corrected chi connectivity index (χ2v) is 8.77. The van der Waals surface area contributed by atoms with E-state index in [0.29, 0.717) is 5.92 Å². The van der Waals surface area contributed by atoms with Gasteiger partial charge in [0.05, 0.1) is 11.5 Å². The summed E-state index contributed by atoms with van der Waals surface area (Å²) in [5.74, 6) is -0.139. The maximum absolute atomic E-state index is 12.0. The Morgan fingerprint density at radius 1 is 1.35 bits per heavy atom. The molecule has 0 heterocycles. The Labute approximate surface area is 139 Å². The molecule has 2 N–H and O–H groups in total. The van der Waals surface area contributed by atoms with Crippen molar-refractivity contribution in [2.75, 3.05) is 0 Å². The summed E-state index contributed by atoms with van der Waals surface area (Å²) in [7, 11) is 0. The molecular formula is C20H30O3. The standard InChI is InChI=1S/C20H30O3/c1-5-18(2)12-13-7-8-15-19(3,14(13)11-16(18)21)9-6-10-20(15,4)17(22)23/h5,12,14-16,21H,1,6-11H2,2-4H3,(H,22,23)/t14-,15+,16?,18+,19-,20+/m1/s1. The molecule has 0 radical (unpaired) electrons. The van der Waals surface area contributed by atoms with Gasteiger partial charge < -0.3 is 10.2 Å². The fourth-order valence-electron chi connectivity index (χ4n) is 5.90. The van der Waals surface area contributed by atoms with Crippen LogP contribution in [0.5, 0.6) is 0 Å². The second kappa shape index (κ2) is 5.20. The van der Waals surface area contributed by atoms with Crippen molar-refractivity contribution in [3.8, 4) is 0 Å². The van der Waals surface area contributed by atoms with Gasteiger partial charge in [0.15, 0.2) is 0 Å². The molecule has 0 bridgehead atoms. The summed E-state index contributed by atoms with van der Waals surface area (Å²) in [6.45, 7) is 10.2. The summed E-state index contributed by atoms with van der Waals surface area (Å²) in [6, 6.07) is 0. The van der Waals surface area contributed by atoms with E-state index >= 15 is 0 Å². The highest BCUT2D eigenvalue weighted by molar-refractivity contribution is 5.75. The van der Waals surface area contributed by atoms with Crippen LogP contribution in [0.4, 0.5) is 0 Å². The summed E-state index contributed by atoms with van der Waals surface area (Å²) < 4.78 is 0. The molecule has 0 aromatic heterocycles.